The van der Waals surface area contributed by atoms with Crippen LogP contribution in [0.15, 0.2) is 0 Å². The minimum atomic E-state index is -0.929. The molecule has 1 fully saturated rings. The smallest absolute Gasteiger partial charge is 0.106 e. The molecule has 0 aromatic heterocycles. The molecule has 1 aliphatic rings. The van der Waals surface area contributed by atoms with E-state index < -0.39 is 12.3 Å². The van der Waals surface area contributed by atoms with Crippen molar-refractivity contribution in [2.75, 3.05) is 0 Å². The molecular formula is C10H18F2. The molecule has 0 radical (unpaired) electrons. The van der Waals surface area contributed by atoms with E-state index in [1.165, 1.54) is 0 Å². The Hall–Kier alpha value is -0.140. The van der Waals surface area contributed by atoms with Crippen molar-refractivity contribution >= 4 is 0 Å². The number of halogens is 2. The maximum atomic E-state index is 13.2. The van der Waals surface area contributed by atoms with Gasteiger partial charge in [0.15, 0.2) is 0 Å². The van der Waals surface area contributed by atoms with Gasteiger partial charge in [0.2, 0.25) is 0 Å². The first kappa shape index (κ1) is 9.94. The molecule has 0 aromatic rings. The summed E-state index contributed by atoms with van der Waals surface area (Å²) in [4.78, 5) is 0. The van der Waals surface area contributed by atoms with Gasteiger partial charge in [0.1, 0.15) is 12.3 Å². The van der Waals surface area contributed by atoms with Gasteiger partial charge in [0, 0.05) is 6.42 Å². The highest BCUT2D eigenvalue weighted by Gasteiger charge is 2.36. The monoisotopic (exact) mass is 176 g/mol. The van der Waals surface area contributed by atoms with E-state index in [0.29, 0.717) is 12.3 Å². The van der Waals surface area contributed by atoms with Crippen molar-refractivity contribution in [2.24, 2.45) is 17.8 Å². The quantitative estimate of drug-likeness (QED) is 0.574. The lowest BCUT2D eigenvalue weighted by Gasteiger charge is -2.36. The molecule has 0 spiro atoms. The van der Waals surface area contributed by atoms with E-state index >= 15 is 0 Å². The average molecular weight is 176 g/mol. The minimum Gasteiger partial charge on any atom is -0.247 e. The standard InChI is InChI=1S/C10H18F2/c1-6(2)9-4-8(11)5-10(12)7(9)3/h6-10H,4-5H2,1-3H3. The maximum Gasteiger partial charge on any atom is 0.106 e. The maximum absolute atomic E-state index is 13.2. The Kier molecular flexibility index (Phi) is 3.08. The molecule has 4 unspecified atom stereocenters. The average Bonchev–Trinajstić information content (AvgIpc) is 1.96. The van der Waals surface area contributed by atoms with E-state index in [-0.39, 0.29) is 18.3 Å². The van der Waals surface area contributed by atoms with Crippen molar-refractivity contribution in [3.05, 3.63) is 0 Å². The van der Waals surface area contributed by atoms with Crippen LogP contribution in [-0.2, 0) is 0 Å². The lowest BCUT2D eigenvalue weighted by atomic mass is 9.73. The molecule has 72 valence electrons. The molecule has 0 saturated heterocycles. The number of rotatable bonds is 1. The van der Waals surface area contributed by atoms with Crippen LogP contribution in [0.2, 0.25) is 0 Å². The lowest BCUT2D eigenvalue weighted by Crippen LogP contribution is -2.35. The molecule has 4 atom stereocenters. The fourth-order valence-corrected chi connectivity index (χ4v) is 2.21. The zero-order valence-electron chi connectivity index (χ0n) is 8.06. The summed E-state index contributed by atoms with van der Waals surface area (Å²) in [6.45, 7) is 6.00. The first-order valence-corrected chi connectivity index (χ1v) is 4.80. The van der Waals surface area contributed by atoms with Crippen LogP contribution in [0.1, 0.15) is 33.6 Å². The number of alkyl halides is 2. The van der Waals surface area contributed by atoms with Gasteiger partial charge < -0.3 is 0 Å². The van der Waals surface area contributed by atoms with Gasteiger partial charge in [-0.2, -0.15) is 0 Å². The summed E-state index contributed by atoms with van der Waals surface area (Å²) in [6.07, 6.45) is -1.17. The number of hydrogen-bond donors (Lipinski definition) is 0. The summed E-state index contributed by atoms with van der Waals surface area (Å²) >= 11 is 0. The van der Waals surface area contributed by atoms with Crippen LogP contribution in [0, 0.1) is 17.8 Å². The van der Waals surface area contributed by atoms with Gasteiger partial charge in [-0.15, -0.1) is 0 Å². The van der Waals surface area contributed by atoms with Crippen molar-refractivity contribution in [1.82, 2.24) is 0 Å². The molecule has 0 aliphatic heterocycles. The van der Waals surface area contributed by atoms with Gasteiger partial charge >= 0.3 is 0 Å². The van der Waals surface area contributed by atoms with Crippen molar-refractivity contribution in [3.8, 4) is 0 Å². The first-order chi connectivity index (χ1) is 5.52. The summed E-state index contributed by atoms with van der Waals surface area (Å²) in [5.74, 6) is 0.664. The zero-order valence-corrected chi connectivity index (χ0v) is 8.06. The normalized spacial score (nSPS) is 43.5. The topological polar surface area (TPSA) is 0 Å². The van der Waals surface area contributed by atoms with Gasteiger partial charge in [-0.1, -0.05) is 20.8 Å². The molecule has 0 aromatic carbocycles. The van der Waals surface area contributed by atoms with E-state index in [1.807, 2.05) is 20.8 Å². The first-order valence-electron chi connectivity index (χ1n) is 4.80. The van der Waals surface area contributed by atoms with Crippen LogP contribution in [0.5, 0.6) is 0 Å². The molecule has 1 aliphatic carbocycles. The molecular weight excluding hydrogens is 158 g/mol. The van der Waals surface area contributed by atoms with Crippen LogP contribution in [0.25, 0.3) is 0 Å². The molecule has 12 heavy (non-hydrogen) atoms. The second kappa shape index (κ2) is 3.71. The van der Waals surface area contributed by atoms with Gasteiger partial charge in [-0.3, -0.25) is 0 Å². The Balaban J connectivity index is 2.60. The number of hydrogen-bond acceptors (Lipinski definition) is 0. The molecule has 0 nitrogen and oxygen atoms in total. The Bertz CT molecular complexity index is 145. The molecule has 0 N–H and O–H groups in total. The highest BCUT2D eigenvalue weighted by atomic mass is 19.1. The van der Waals surface area contributed by atoms with Crippen molar-refractivity contribution < 1.29 is 8.78 Å². The second-order valence-corrected chi connectivity index (χ2v) is 4.35. The lowest BCUT2D eigenvalue weighted by molar-refractivity contribution is 0.0400. The second-order valence-electron chi connectivity index (χ2n) is 4.35. The van der Waals surface area contributed by atoms with E-state index in [0.717, 1.165) is 0 Å². The summed E-state index contributed by atoms with van der Waals surface area (Å²) in [5, 5.41) is 0. The third-order valence-corrected chi connectivity index (χ3v) is 3.11. The Labute approximate surface area is 73.3 Å². The van der Waals surface area contributed by atoms with E-state index in [2.05, 4.69) is 0 Å². The minimum absolute atomic E-state index is 0.0389. The van der Waals surface area contributed by atoms with Crippen LogP contribution in [-0.4, -0.2) is 12.3 Å². The molecule has 0 bridgehead atoms. The molecule has 1 rings (SSSR count). The van der Waals surface area contributed by atoms with Gasteiger partial charge in [0.05, 0.1) is 0 Å². The zero-order chi connectivity index (χ0) is 9.30. The summed E-state index contributed by atoms with van der Waals surface area (Å²) in [5.41, 5.74) is 0. The largest absolute Gasteiger partial charge is 0.247 e. The van der Waals surface area contributed by atoms with E-state index in [9.17, 15) is 8.78 Å². The Morgan fingerprint density at radius 2 is 1.75 bits per heavy atom. The van der Waals surface area contributed by atoms with Crippen LogP contribution in [0.4, 0.5) is 8.78 Å². The van der Waals surface area contributed by atoms with E-state index in [4.69, 9.17) is 0 Å². The van der Waals surface area contributed by atoms with Gasteiger partial charge in [-0.05, 0) is 24.2 Å². The van der Waals surface area contributed by atoms with Crippen molar-refractivity contribution in [1.29, 1.82) is 0 Å². The fraction of sp³-hybridized carbons (Fsp3) is 1.00. The summed E-state index contributed by atoms with van der Waals surface area (Å²) in [7, 11) is 0. The van der Waals surface area contributed by atoms with Crippen LogP contribution in [0.3, 0.4) is 0 Å². The SMILES string of the molecule is CC(C)C1CC(F)CC(F)C1C. The highest BCUT2D eigenvalue weighted by Crippen LogP contribution is 2.37. The predicted octanol–water partition coefficient (Wildman–Crippen LogP) is 3.36. The molecule has 0 amide bonds. The van der Waals surface area contributed by atoms with Gasteiger partial charge in [0.25, 0.3) is 0 Å². The molecule has 1 saturated carbocycles. The predicted molar refractivity (Wildman–Crippen MR) is 46.5 cm³/mol. The van der Waals surface area contributed by atoms with Crippen LogP contribution < -0.4 is 0 Å². The van der Waals surface area contributed by atoms with Crippen LogP contribution >= 0.6 is 0 Å². The fourth-order valence-electron chi connectivity index (χ4n) is 2.21. The third-order valence-electron chi connectivity index (χ3n) is 3.11. The van der Waals surface area contributed by atoms with Crippen molar-refractivity contribution in [3.63, 3.8) is 0 Å². The Morgan fingerprint density at radius 1 is 1.17 bits per heavy atom. The third kappa shape index (κ3) is 1.96. The Morgan fingerprint density at radius 3 is 2.25 bits per heavy atom. The van der Waals surface area contributed by atoms with Gasteiger partial charge in [-0.25, -0.2) is 8.78 Å². The highest BCUT2D eigenvalue weighted by molar-refractivity contribution is 4.85. The van der Waals surface area contributed by atoms with Crippen molar-refractivity contribution in [2.45, 2.75) is 46.0 Å². The van der Waals surface area contributed by atoms with E-state index in [1.54, 1.807) is 0 Å². The molecule has 0 heterocycles. The summed E-state index contributed by atoms with van der Waals surface area (Å²) in [6, 6.07) is 0. The summed E-state index contributed by atoms with van der Waals surface area (Å²) < 4.78 is 26.2. The molecule has 2 heteroatoms.